The van der Waals surface area contributed by atoms with Gasteiger partial charge in [0, 0.05) is 28.8 Å². The number of benzene rings is 6. The average molecular weight is 1030 g/mol. The van der Waals surface area contributed by atoms with Gasteiger partial charge in [-0.25, -0.2) is 0 Å². The van der Waals surface area contributed by atoms with Crippen LogP contribution < -0.4 is 10.1 Å². The molecule has 1 aliphatic heterocycles. The molecular formula is C58H61IrN4Si. The number of pyridine rings is 1. The van der Waals surface area contributed by atoms with Crippen molar-refractivity contribution in [3.8, 4) is 16.9 Å². The van der Waals surface area contributed by atoms with Gasteiger partial charge in [0.15, 0.2) is 0 Å². The van der Waals surface area contributed by atoms with Crippen LogP contribution in [0.25, 0.3) is 44.1 Å². The maximum atomic E-state index is 5.32. The molecule has 6 heteroatoms. The van der Waals surface area contributed by atoms with Crippen molar-refractivity contribution in [2.75, 3.05) is 4.90 Å². The van der Waals surface area contributed by atoms with Crippen molar-refractivity contribution in [2.45, 2.75) is 104 Å². The first-order chi connectivity index (χ1) is 30.6. The summed E-state index contributed by atoms with van der Waals surface area (Å²) in [5.41, 5.74) is 14.5. The van der Waals surface area contributed by atoms with Crippen LogP contribution in [0.15, 0.2) is 146 Å². The zero-order chi connectivity index (χ0) is 43.7. The number of hydrogen-bond acceptors (Lipinski definition) is 2. The first-order valence-electron chi connectivity index (χ1n) is 23.3. The van der Waals surface area contributed by atoms with Crippen molar-refractivity contribution >= 4 is 52.1 Å². The number of anilines is 2. The Morgan fingerprint density at radius 3 is 2.09 bits per heavy atom. The monoisotopic (exact) mass is 1030 g/mol. The summed E-state index contributed by atoms with van der Waals surface area (Å²) < 4.78 is 2.34. The first kappa shape index (κ1) is 45.3. The minimum absolute atomic E-state index is 0. The van der Waals surface area contributed by atoms with Gasteiger partial charge in [-0.2, -0.15) is 23.8 Å². The van der Waals surface area contributed by atoms with E-state index >= 15 is 0 Å². The summed E-state index contributed by atoms with van der Waals surface area (Å²) in [7, 11) is -1.36. The molecule has 64 heavy (non-hydrogen) atoms. The van der Waals surface area contributed by atoms with Crippen molar-refractivity contribution in [1.82, 2.24) is 9.55 Å². The predicted molar refractivity (Wildman–Crippen MR) is 270 cm³/mol. The summed E-state index contributed by atoms with van der Waals surface area (Å²) >= 11 is 0. The maximum Gasteiger partial charge on any atom is 3.00 e. The molecule has 0 radical (unpaired) electrons. The van der Waals surface area contributed by atoms with Crippen molar-refractivity contribution in [3.05, 3.63) is 185 Å². The van der Waals surface area contributed by atoms with Gasteiger partial charge in [0.25, 0.3) is 0 Å². The third-order valence-electron chi connectivity index (χ3n) is 13.2. The maximum absolute atomic E-state index is 5.32. The molecule has 2 aromatic heterocycles. The standard InChI is InChI=1S/C37H33N3.C21H28NSi.Ir/c1-24(2)28-16-12-17-29(25(3)4)36(28)40-35-20-11-9-18-32(35)38-37(40)26-21-22-34-31(23-26)30-15-8-10-19-33(30)39(34)27-13-6-5-7-14-27;1-23(2,3)21-16-22-20(18-12-8-5-9-13-18)15-19(21)14-17-10-6-4-7-11-17;/h5-20,22-25,37H,1-4H3;5,8-9,12,15-17H,4,6-7,10-11,14H2,1-3H3;/q-2;-1;+3. The molecule has 4 nitrogen and oxygen atoms in total. The summed E-state index contributed by atoms with van der Waals surface area (Å²) in [5.74, 6) is 1.64. The number of para-hydroxylation sites is 5. The Hall–Kier alpha value is -5.26. The molecule has 0 spiro atoms. The third-order valence-corrected chi connectivity index (χ3v) is 15.2. The first-order valence-corrected chi connectivity index (χ1v) is 26.8. The second-order valence-corrected chi connectivity index (χ2v) is 24.3. The fraction of sp³-hybridized carbons (Fsp3) is 0.293. The van der Waals surface area contributed by atoms with E-state index in [1.165, 1.54) is 71.6 Å². The molecule has 10 rings (SSSR count). The van der Waals surface area contributed by atoms with Crippen LogP contribution in [-0.2, 0) is 26.5 Å². The molecule has 3 heterocycles. The van der Waals surface area contributed by atoms with Gasteiger partial charge in [0.1, 0.15) is 0 Å². The number of fused-ring (bicyclic) bond motifs is 4. The molecule has 0 N–H and O–H groups in total. The summed E-state index contributed by atoms with van der Waals surface area (Å²) in [4.78, 5) is 7.24. The second kappa shape index (κ2) is 19.5. The van der Waals surface area contributed by atoms with Crippen LogP contribution in [0.1, 0.15) is 100 Å². The fourth-order valence-corrected chi connectivity index (χ4v) is 11.6. The van der Waals surface area contributed by atoms with Crippen molar-refractivity contribution < 1.29 is 20.1 Å². The molecule has 1 atom stereocenters. The molecule has 8 aromatic rings. The molecule has 1 unspecified atom stereocenters. The Morgan fingerprint density at radius 1 is 0.703 bits per heavy atom. The van der Waals surface area contributed by atoms with E-state index in [0.717, 1.165) is 45.3 Å². The molecule has 2 aliphatic rings. The summed E-state index contributed by atoms with van der Waals surface area (Å²) in [6, 6.07) is 56.6. The smallest absolute Gasteiger partial charge is 0.661 e. The number of aromatic nitrogens is 2. The second-order valence-electron chi connectivity index (χ2n) is 19.3. The Labute approximate surface area is 396 Å². The SMILES string of the molecule is CC(C)c1cccc(C(C)C)c1N1c2ccccc2[N-]C1c1[c-]cc2c(c1)c1ccccc1n2-c1ccccc1.C[Si](C)(C)c1cnc(-c2[c-]cccc2)cc1CC1CCCCC1.[Ir+3]. The summed E-state index contributed by atoms with van der Waals surface area (Å²) in [5, 5.41) is 9.33. The Kier molecular flexibility index (Phi) is 13.8. The molecular weight excluding hydrogens is 973 g/mol. The van der Waals surface area contributed by atoms with Crippen LogP contribution in [0.2, 0.25) is 19.6 Å². The van der Waals surface area contributed by atoms with Gasteiger partial charge in [-0.05, 0) is 82.0 Å². The van der Waals surface area contributed by atoms with Crippen LogP contribution in [0, 0.1) is 18.1 Å². The summed E-state index contributed by atoms with van der Waals surface area (Å²) in [6.07, 6.45) is 10.3. The van der Waals surface area contributed by atoms with Crippen LogP contribution in [-0.4, -0.2) is 17.6 Å². The van der Waals surface area contributed by atoms with E-state index in [1.54, 1.807) is 10.8 Å². The van der Waals surface area contributed by atoms with E-state index in [-0.39, 0.29) is 26.3 Å². The molecule has 1 fully saturated rings. The van der Waals surface area contributed by atoms with E-state index in [4.69, 9.17) is 10.3 Å². The van der Waals surface area contributed by atoms with Gasteiger partial charge in [-0.1, -0.05) is 169 Å². The van der Waals surface area contributed by atoms with Crippen LogP contribution >= 0.6 is 0 Å². The zero-order valence-corrected chi connectivity index (χ0v) is 41.9. The number of rotatable bonds is 9. The van der Waals surface area contributed by atoms with Gasteiger partial charge in [-0.3, -0.25) is 0 Å². The fourth-order valence-electron chi connectivity index (χ4n) is 10.0. The van der Waals surface area contributed by atoms with E-state index in [1.807, 2.05) is 12.1 Å². The summed E-state index contributed by atoms with van der Waals surface area (Å²) in [6.45, 7) is 16.4. The number of hydrogen-bond donors (Lipinski definition) is 0. The topological polar surface area (TPSA) is 35.2 Å². The molecule has 0 bridgehead atoms. The molecule has 1 saturated carbocycles. The van der Waals surface area contributed by atoms with Gasteiger partial charge in [0.05, 0.1) is 8.07 Å². The molecule has 6 aromatic carbocycles. The molecule has 326 valence electrons. The van der Waals surface area contributed by atoms with Crippen molar-refractivity contribution in [1.29, 1.82) is 0 Å². The van der Waals surface area contributed by atoms with Crippen molar-refractivity contribution in [3.63, 3.8) is 0 Å². The van der Waals surface area contributed by atoms with E-state index in [9.17, 15) is 0 Å². The van der Waals surface area contributed by atoms with Crippen molar-refractivity contribution in [2.24, 2.45) is 5.92 Å². The van der Waals surface area contributed by atoms with Crippen LogP contribution in [0.3, 0.4) is 0 Å². The quantitative estimate of drug-likeness (QED) is 0.107. The van der Waals surface area contributed by atoms with Gasteiger partial charge < -0.3 is 19.8 Å². The largest absolute Gasteiger partial charge is 3.00 e. The molecule has 1 aliphatic carbocycles. The molecule has 0 saturated heterocycles. The van der Waals surface area contributed by atoms with E-state index in [0.29, 0.717) is 11.8 Å². The third kappa shape index (κ3) is 9.16. The van der Waals surface area contributed by atoms with Gasteiger partial charge in [-0.15, -0.1) is 47.0 Å². The minimum Gasteiger partial charge on any atom is -0.661 e. The molecule has 0 amide bonds. The van der Waals surface area contributed by atoms with Crippen LogP contribution in [0.5, 0.6) is 0 Å². The van der Waals surface area contributed by atoms with Gasteiger partial charge in [0.2, 0.25) is 0 Å². The van der Waals surface area contributed by atoms with Crippen LogP contribution in [0.4, 0.5) is 17.1 Å². The number of nitrogens with zero attached hydrogens (tertiary/aromatic N) is 4. The minimum atomic E-state index is -1.36. The Morgan fingerprint density at radius 2 is 1.39 bits per heavy atom. The normalized spacial score (nSPS) is 15.2. The predicted octanol–water partition coefficient (Wildman–Crippen LogP) is 15.9. The Bertz CT molecular complexity index is 2810. The van der Waals surface area contributed by atoms with E-state index in [2.05, 4.69) is 203 Å². The van der Waals surface area contributed by atoms with E-state index < -0.39 is 8.07 Å². The Balaban J connectivity index is 0.000000199. The van der Waals surface area contributed by atoms with Gasteiger partial charge >= 0.3 is 20.1 Å². The zero-order valence-electron chi connectivity index (χ0n) is 38.5. The average Bonchev–Trinajstić information content (AvgIpc) is 3.85.